The number of ether oxygens (including phenoxy) is 2. The van der Waals surface area contributed by atoms with Gasteiger partial charge in [0.05, 0.1) is 13.2 Å². The van der Waals surface area contributed by atoms with Gasteiger partial charge in [-0.2, -0.15) is 0 Å². The van der Waals surface area contributed by atoms with E-state index in [0.29, 0.717) is 18.2 Å². The third-order valence-electron chi connectivity index (χ3n) is 4.50. The molecule has 0 radical (unpaired) electrons. The summed E-state index contributed by atoms with van der Waals surface area (Å²) in [7, 11) is 1.62. The molecule has 3 rings (SSSR count). The van der Waals surface area contributed by atoms with E-state index < -0.39 is 0 Å². The average Bonchev–Trinajstić information content (AvgIpc) is 2.77. The number of benzene rings is 2. The summed E-state index contributed by atoms with van der Waals surface area (Å²) < 4.78 is 23.9. The Morgan fingerprint density at radius 1 is 1.10 bits per heavy atom. The van der Waals surface area contributed by atoms with Crippen molar-refractivity contribution >= 4 is 6.03 Å². The van der Waals surface area contributed by atoms with Gasteiger partial charge in [0, 0.05) is 24.9 Å². The summed E-state index contributed by atoms with van der Waals surface area (Å²) in [5.41, 5.74) is 1.82. The molecule has 0 saturated carbocycles. The third kappa shape index (κ3) is 5.94. The summed E-state index contributed by atoms with van der Waals surface area (Å²) in [6.45, 7) is 2.33. The maximum Gasteiger partial charge on any atom is 0.315 e. The highest BCUT2D eigenvalue weighted by Gasteiger charge is 2.12. The number of rotatable bonds is 8. The molecule has 0 aliphatic heterocycles. The van der Waals surface area contributed by atoms with Crippen molar-refractivity contribution in [3.8, 4) is 17.4 Å². The van der Waals surface area contributed by atoms with E-state index in [2.05, 4.69) is 15.6 Å². The number of carbonyl (C=O) groups excluding carboxylic acids is 1. The van der Waals surface area contributed by atoms with E-state index in [-0.39, 0.29) is 17.9 Å². The highest BCUT2D eigenvalue weighted by molar-refractivity contribution is 5.74. The molecule has 30 heavy (non-hydrogen) atoms. The first-order chi connectivity index (χ1) is 14.6. The lowest BCUT2D eigenvalue weighted by molar-refractivity contribution is 0.236. The Hall–Kier alpha value is -3.61. The summed E-state index contributed by atoms with van der Waals surface area (Å²) in [5.74, 6) is 1.12. The molecule has 2 amide bonds. The molecule has 1 aromatic heterocycles. The highest BCUT2D eigenvalue weighted by Crippen LogP contribution is 2.21. The lowest BCUT2D eigenvalue weighted by Gasteiger charge is -2.18. The summed E-state index contributed by atoms with van der Waals surface area (Å²) in [4.78, 5) is 16.5. The molecule has 7 heteroatoms. The van der Waals surface area contributed by atoms with Crippen LogP contribution in [-0.4, -0.2) is 18.1 Å². The normalized spacial score (nSPS) is 11.4. The Balaban J connectivity index is 1.51. The first-order valence-electron chi connectivity index (χ1n) is 9.64. The number of hydrogen-bond acceptors (Lipinski definition) is 4. The van der Waals surface area contributed by atoms with Crippen molar-refractivity contribution in [3.05, 3.63) is 83.8 Å². The first kappa shape index (κ1) is 21.1. The maximum atomic E-state index is 13.2. The average molecular weight is 409 g/mol. The van der Waals surface area contributed by atoms with Gasteiger partial charge in [-0.3, -0.25) is 0 Å². The molecular weight excluding hydrogens is 385 g/mol. The predicted octanol–water partition coefficient (Wildman–Crippen LogP) is 4.97. The largest absolute Gasteiger partial charge is 0.497 e. The van der Waals surface area contributed by atoms with Crippen LogP contribution in [0.3, 0.4) is 0 Å². The van der Waals surface area contributed by atoms with Crippen LogP contribution in [0, 0.1) is 5.82 Å². The minimum Gasteiger partial charge on any atom is -0.497 e. The highest BCUT2D eigenvalue weighted by atomic mass is 19.1. The number of hydrogen-bond donors (Lipinski definition) is 2. The second kappa shape index (κ2) is 10.2. The Kier molecular flexibility index (Phi) is 7.21. The number of halogens is 1. The molecule has 2 aromatic carbocycles. The van der Waals surface area contributed by atoms with Crippen LogP contribution in [0.15, 0.2) is 66.9 Å². The van der Waals surface area contributed by atoms with E-state index in [1.807, 2.05) is 31.2 Å². The van der Waals surface area contributed by atoms with E-state index in [4.69, 9.17) is 9.47 Å². The van der Waals surface area contributed by atoms with Crippen LogP contribution < -0.4 is 20.1 Å². The van der Waals surface area contributed by atoms with Crippen LogP contribution in [0.4, 0.5) is 9.18 Å². The Bertz CT molecular complexity index is 962. The molecule has 0 aliphatic carbocycles. The lowest BCUT2D eigenvalue weighted by atomic mass is 10.0. The van der Waals surface area contributed by atoms with E-state index in [1.165, 1.54) is 12.1 Å². The van der Waals surface area contributed by atoms with Crippen LogP contribution in [0.2, 0.25) is 0 Å². The SMILES string of the molecule is CCC(NC(=O)NCc1ccc(Oc2cccc(F)c2)nc1)c1ccc(OC)cc1. The number of methoxy groups -OCH3 is 1. The van der Waals surface area contributed by atoms with E-state index in [0.717, 1.165) is 23.3 Å². The van der Waals surface area contributed by atoms with Crippen LogP contribution in [0.1, 0.15) is 30.5 Å². The fourth-order valence-corrected chi connectivity index (χ4v) is 2.88. The summed E-state index contributed by atoms with van der Waals surface area (Å²) in [5, 5.41) is 5.80. The van der Waals surface area contributed by atoms with Crippen LogP contribution in [0.25, 0.3) is 0 Å². The Labute approximate surface area is 175 Å². The zero-order chi connectivity index (χ0) is 21.3. The lowest BCUT2D eigenvalue weighted by Crippen LogP contribution is -2.37. The number of carbonyl (C=O) groups is 1. The van der Waals surface area contributed by atoms with E-state index >= 15 is 0 Å². The van der Waals surface area contributed by atoms with Crippen molar-refractivity contribution in [1.29, 1.82) is 0 Å². The van der Waals surface area contributed by atoms with Gasteiger partial charge >= 0.3 is 6.03 Å². The zero-order valence-electron chi connectivity index (χ0n) is 16.9. The van der Waals surface area contributed by atoms with Crippen molar-refractivity contribution in [3.63, 3.8) is 0 Å². The van der Waals surface area contributed by atoms with Gasteiger partial charge in [-0.15, -0.1) is 0 Å². The predicted molar refractivity (Wildman–Crippen MR) is 112 cm³/mol. The quantitative estimate of drug-likeness (QED) is 0.551. The van der Waals surface area contributed by atoms with Crippen LogP contribution in [-0.2, 0) is 6.54 Å². The topological polar surface area (TPSA) is 72.5 Å². The van der Waals surface area contributed by atoms with Gasteiger partial charge in [-0.1, -0.05) is 31.2 Å². The standard InChI is InChI=1S/C23H24FN3O3/c1-3-21(17-8-10-19(29-2)11-9-17)27-23(28)26-15-16-7-12-22(25-14-16)30-20-6-4-5-18(24)13-20/h4-14,21H,3,15H2,1-2H3,(H2,26,27,28). The van der Waals surface area contributed by atoms with Crippen molar-refractivity contribution in [2.75, 3.05) is 7.11 Å². The molecule has 2 N–H and O–H groups in total. The number of amides is 2. The van der Waals surface area contributed by atoms with Gasteiger partial charge in [0.1, 0.15) is 17.3 Å². The Morgan fingerprint density at radius 2 is 1.90 bits per heavy atom. The third-order valence-corrected chi connectivity index (χ3v) is 4.50. The number of nitrogens with one attached hydrogen (secondary N) is 2. The molecule has 0 spiro atoms. The van der Waals surface area contributed by atoms with Gasteiger partial charge in [0.2, 0.25) is 5.88 Å². The fourth-order valence-electron chi connectivity index (χ4n) is 2.88. The molecule has 0 aliphatic rings. The molecule has 0 fully saturated rings. The molecule has 3 aromatic rings. The second-order valence-electron chi connectivity index (χ2n) is 6.63. The van der Waals surface area contributed by atoms with Gasteiger partial charge in [-0.05, 0) is 41.8 Å². The van der Waals surface area contributed by atoms with Gasteiger partial charge < -0.3 is 20.1 Å². The van der Waals surface area contributed by atoms with Crippen LogP contribution >= 0.6 is 0 Å². The fraction of sp³-hybridized carbons (Fsp3) is 0.217. The van der Waals surface area contributed by atoms with Crippen molar-refractivity contribution < 1.29 is 18.7 Å². The van der Waals surface area contributed by atoms with E-state index in [1.54, 1.807) is 37.6 Å². The minimum absolute atomic E-state index is 0.101. The molecule has 0 bridgehead atoms. The summed E-state index contributed by atoms with van der Waals surface area (Å²) in [6.07, 6.45) is 2.36. The summed E-state index contributed by atoms with van der Waals surface area (Å²) >= 11 is 0. The number of nitrogens with zero attached hydrogens (tertiary/aromatic N) is 1. The number of pyridine rings is 1. The molecule has 1 atom stereocenters. The van der Waals surface area contributed by atoms with Gasteiger partial charge in [0.15, 0.2) is 0 Å². The smallest absolute Gasteiger partial charge is 0.315 e. The zero-order valence-corrected chi connectivity index (χ0v) is 16.9. The van der Waals surface area contributed by atoms with Crippen molar-refractivity contribution in [2.24, 2.45) is 0 Å². The molecule has 0 saturated heterocycles. The number of aromatic nitrogens is 1. The van der Waals surface area contributed by atoms with E-state index in [9.17, 15) is 9.18 Å². The van der Waals surface area contributed by atoms with Crippen LogP contribution in [0.5, 0.6) is 17.4 Å². The number of urea groups is 1. The van der Waals surface area contributed by atoms with Crippen molar-refractivity contribution in [2.45, 2.75) is 25.9 Å². The summed E-state index contributed by atoms with van der Waals surface area (Å²) in [6, 6.07) is 16.6. The second-order valence-corrected chi connectivity index (χ2v) is 6.63. The molecule has 1 heterocycles. The molecular formula is C23H24FN3O3. The monoisotopic (exact) mass is 409 g/mol. The maximum absolute atomic E-state index is 13.2. The van der Waals surface area contributed by atoms with Gasteiger partial charge in [-0.25, -0.2) is 14.2 Å². The molecule has 6 nitrogen and oxygen atoms in total. The van der Waals surface area contributed by atoms with Gasteiger partial charge in [0.25, 0.3) is 0 Å². The Morgan fingerprint density at radius 3 is 2.53 bits per heavy atom. The molecule has 156 valence electrons. The molecule has 1 unspecified atom stereocenters. The first-order valence-corrected chi connectivity index (χ1v) is 9.64. The minimum atomic E-state index is -0.376. The van der Waals surface area contributed by atoms with Crippen molar-refractivity contribution in [1.82, 2.24) is 15.6 Å².